The van der Waals surface area contributed by atoms with E-state index in [9.17, 15) is 19.8 Å². The Bertz CT molecular complexity index is 993. The van der Waals surface area contributed by atoms with Crippen LogP contribution in [0.25, 0.3) is 0 Å². The zero-order valence-electron chi connectivity index (χ0n) is 40.6. The van der Waals surface area contributed by atoms with Crippen molar-refractivity contribution in [2.45, 2.75) is 289 Å². The molecule has 0 saturated carbocycles. The molecule has 61 heavy (non-hydrogen) atoms. The molecule has 0 spiro atoms. The minimum Gasteiger partial charge on any atom is -0.466 e. The molecule has 0 rings (SSSR count). The number of rotatable bonds is 49. The predicted octanol–water partition coefficient (Wildman–Crippen LogP) is 16.1. The van der Waals surface area contributed by atoms with Gasteiger partial charge in [0.2, 0.25) is 5.91 Å². The van der Waals surface area contributed by atoms with Crippen LogP contribution in [0, 0.1) is 0 Å². The van der Waals surface area contributed by atoms with Crippen molar-refractivity contribution in [2.75, 3.05) is 13.2 Å². The van der Waals surface area contributed by atoms with Gasteiger partial charge in [-0.3, -0.25) is 9.59 Å². The normalized spacial score (nSPS) is 12.9. The van der Waals surface area contributed by atoms with E-state index >= 15 is 0 Å². The molecule has 6 heteroatoms. The summed E-state index contributed by atoms with van der Waals surface area (Å²) < 4.78 is 5.46. The van der Waals surface area contributed by atoms with Crippen LogP contribution in [0.4, 0.5) is 0 Å². The lowest BCUT2D eigenvalue weighted by Crippen LogP contribution is -2.45. The quantitative estimate of drug-likeness (QED) is 0.0322. The number of nitrogens with one attached hydrogen (secondary N) is 1. The second-order valence-corrected chi connectivity index (χ2v) is 18.2. The molecule has 2 atom stereocenters. The number of ether oxygens (including phenoxy) is 1. The third-order valence-electron chi connectivity index (χ3n) is 12.1. The smallest absolute Gasteiger partial charge is 0.305 e. The number of amides is 1. The number of aliphatic hydroxyl groups excluding tert-OH is 2. The third-order valence-corrected chi connectivity index (χ3v) is 12.1. The number of carbonyl (C=O) groups excluding carboxylic acids is 2. The van der Waals surface area contributed by atoms with Crippen molar-refractivity contribution < 1.29 is 24.5 Å². The molecule has 3 N–H and O–H groups in total. The van der Waals surface area contributed by atoms with Crippen molar-refractivity contribution in [3.8, 4) is 0 Å². The molecule has 0 aromatic heterocycles. The zero-order valence-corrected chi connectivity index (χ0v) is 40.6. The average molecular weight is 858 g/mol. The largest absolute Gasteiger partial charge is 0.466 e. The van der Waals surface area contributed by atoms with Crippen molar-refractivity contribution in [1.29, 1.82) is 0 Å². The van der Waals surface area contributed by atoms with E-state index in [4.69, 9.17) is 4.74 Å². The molecular formula is C55H103NO5. The highest BCUT2D eigenvalue weighted by Crippen LogP contribution is 2.15. The topological polar surface area (TPSA) is 95.9 Å². The van der Waals surface area contributed by atoms with Crippen LogP contribution >= 0.6 is 0 Å². The van der Waals surface area contributed by atoms with Crippen molar-refractivity contribution in [3.05, 3.63) is 36.5 Å². The Balaban J connectivity index is 3.49. The lowest BCUT2D eigenvalue weighted by molar-refractivity contribution is -0.143. The van der Waals surface area contributed by atoms with Gasteiger partial charge < -0.3 is 20.3 Å². The summed E-state index contributed by atoms with van der Waals surface area (Å²) in [6.45, 7) is 4.86. The molecule has 0 aromatic carbocycles. The minimum absolute atomic E-state index is 0.0119. The molecule has 0 saturated heterocycles. The maximum absolute atomic E-state index is 12.4. The molecule has 0 aliphatic carbocycles. The molecule has 0 bridgehead atoms. The third kappa shape index (κ3) is 47.4. The summed E-state index contributed by atoms with van der Waals surface area (Å²) in [5.74, 6) is -0.0930. The summed E-state index contributed by atoms with van der Waals surface area (Å²) in [4.78, 5) is 24.4. The van der Waals surface area contributed by atoms with Gasteiger partial charge in [0.25, 0.3) is 0 Å². The Hall–Kier alpha value is -1.92. The van der Waals surface area contributed by atoms with E-state index in [-0.39, 0.29) is 18.5 Å². The fraction of sp³-hybridized carbons (Fsp3) is 0.855. The van der Waals surface area contributed by atoms with Crippen LogP contribution in [0.15, 0.2) is 36.5 Å². The molecule has 2 unspecified atom stereocenters. The van der Waals surface area contributed by atoms with Gasteiger partial charge in [-0.1, -0.05) is 217 Å². The Kier molecular flexibility index (Phi) is 49.1. The first kappa shape index (κ1) is 59.1. The highest BCUT2D eigenvalue weighted by molar-refractivity contribution is 5.76. The number of unbranched alkanes of at least 4 members (excludes halogenated alkanes) is 34. The van der Waals surface area contributed by atoms with Crippen LogP contribution in [0.5, 0.6) is 0 Å². The molecular weight excluding hydrogens is 755 g/mol. The lowest BCUT2D eigenvalue weighted by atomic mass is 10.0. The van der Waals surface area contributed by atoms with E-state index in [1.807, 2.05) is 6.08 Å². The van der Waals surface area contributed by atoms with Crippen molar-refractivity contribution in [1.82, 2.24) is 5.32 Å². The molecule has 1 amide bonds. The molecule has 0 aliphatic heterocycles. The molecule has 0 radical (unpaired) electrons. The van der Waals surface area contributed by atoms with Crippen LogP contribution in [-0.2, 0) is 14.3 Å². The van der Waals surface area contributed by atoms with Gasteiger partial charge in [-0.2, -0.15) is 0 Å². The fourth-order valence-electron chi connectivity index (χ4n) is 7.97. The second kappa shape index (κ2) is 50.7. The van der Waals surface area contributed by atoms with E-state index in [0.29, 0.717) is 19.4 Å². The number of esters is 1. The SMILES string of the molecule is CCCCCCC/C=C\CCCCCCCC(=O)OCCCCCCCC/C=C\CCCCCCCCCC(=O)NC(CO)C(O)/C=C/CCCCCCCCCCCCC. The zero-order chi connectivity index (χ0) is 44.4. The maximum atomic E-state index is 12.4. The Morgan fingerprint density at radius 2 is 0.770 bits per heavy atom. The van der Waals surface area contributed by atoms with Gasteiger partial charge in [0.1, 0.15) is 0 Å². The molecule has 0 aromatic rings. The molecule has 0 aliphatic rings. The Morgan fingerprint density at radius 3 is 1.16 bits per heavy atom. The summed E-state index contributed by atoms with van der Waals surface area (Å²) in [5, 5.41) is 23.0. The Labute approximate surface area is 379 Å². The van der Waals surface area contributed by atoms with Crippen LogP contribution in [0.2, 0.25) is 0 Å². The average Bonchev–Trinajstić information content (AvgIpc) is 3.26. The van der Waals surface area contributed by atoms with E-state index in [0.717, 1.165) is 57.8 Å². The van der Waals surface area contributed by atoms with Gasteiger partial charge in [0, 0.05) is 12.8 Å². The first-order chi connectivity index (χ1) is 30.0. The highest BCUT2D eigenvalue weighted by Gasteiger charge is 2.18. The number of aliphatic hydroxyl groups is 2. The van der Waals surface area contributed by atoms with Gasteiger partial charge in [0.05, 0.1) is 25.4 Å². The van der Waals surface area contributed by atoms with E-state index < -0.39 is 12.1 Å². The standard InChI is InChI=1S/C55H103NO5/c1-3-5-7-9-11-13-15-17-25-29-33-37-41-45-49-55(60)61-50-46-42-38-34-30-26-22-20-18-19-21-24-28-32-36-40-44-48-54(59)56-52(51-57)53(58)47-43-39-35-31-27-23-16-14-12-10-8-6-4-2/h15,17-18,20,43,47,52-53,57-58H,3-14,16,19,21-42,44-46,48-51H2,1-2H3,(H,56,59)/b17-15-,20-18-,47-43+. The first-order valence-corrected chi connectivity index (χ1v) is 26.8. The highest BCUT2D eigenvalue weighted by atomic mass is 16.5. The summed E-state index contributed by atoms with van der Waals surface area (Å²) in [5.41, 5.74) is 0. The van der Waals surface area contributed by atoms with Gasteiger partial charge in [-0.05, 0) is 83.5 Å². The van der Waals surface area contributed by atoms with Crippen molar-refractivity contribution >= 4 is 11.9 Å². The van der Waals surface area contributed by atoms with Gasteiger partial charge in [-0.25, -0.2) is 0 Å². The van der Waals surface area contributed by atoms with Gasteiger partial charge in [0.15, 0.2) is 0 Å². The summed E-state index contributed by atoms with van der Waals surface area (Å²) in [7, 11) is 0. The molecule has 0 fully saturated rings. The second-order valence-electron chi connectivity index (χ2n) is 18.2. The molecule has 0 heterocycles. The number of hydrogen-bond acceptors (Lipinski definition) is 5. The van der Waals surface area contributed by atoms with Gasteiger partial charge >= 0.3 is 5.97 Å². The Morgan fingerprint density at radius 1 is 0.443 bits per heavy atom. The monoisotopic (exact) mass is 858 g/mol. The van der Waals surface area contributed by atoms with Crippen LogP contribution < -0.4 is 5.32 Å². The van der Waals surface area contributed by atoms with E-state index in [1.165, 1.54) is 193 Å². The van der Waals surface area contributed by atoms with Crippen molar-refractivity contribution in [3.63, 3.8) is 0 Å². The molecule has 6 nitrogen and oxygen atoms in total. The van der Waals surface area contributed by atoms with Crippen molar-refractivity contribution in [2.24, 2.45) is 0 Å². The van der Waals surface area contributed by atoms with Crippen LogP contribution in [0.3, 0.4) is 0 Å². The van der Waals surface area contributed by atoms with E-state index in [2.05, 4.69) is 43.5 Å². The first-order valence-electron chi connectivity index (χ1n) is 26.8. The molecule has 358 valence electrons. The minimum atomic E-state index is -0.852. The van der Waals surface area contributed by atoms with E-state index in [1.54, 1.807) is 6.08 Å². The van der Waals surface area contributed by atoms with Crippen LogP contribution in [0.1, 0.15) is 277 Å². The summed E-state index contributed by atoms with van der Waals surface area (Å²) >= 11 is 0. The summed E-state index contributed by atoms with van der Waals surface area (Å²) in [6, 6.07) is -0.636. The number of carbonyl (C=O) groups is 2. The maximum Gasteiger partial charge on any atom is 0.305 e. The summed E-state index contributed by atoms with van der Waals surface area (Å²) in [6.07, 6.45) is 61.5. The number of hydrogen-bond donors (Lipinski definition) is 3. The predicted molar refractivity (Wildman–Crippen MR) is 264 cm³/mol. The van der Waals surface area contributed by atoms with Crippen LogP contribution in [-0.4, -0.2) is 47.4 Å². The number of allylic oxidation sites excluding steroid dienone is 5. The lowest BCUT2D eigenvalue weighted by Gasteiger charge is -2.20. The fourth-order valence-corrected chi connectivity index (χ4v) is 7.97. The van der Waals surface area contributed by atoms with Gasteiger partial charge in [-0.15, -0.1) is 0 Å².